The third-order valence-electron chi connectivity index (χ3n) is 4.33. The van der Waals surface area contributed by atoms with Crippen LogP contribution in [0.1, 0.15) is 32.6 Å². The molecule has 0 radical (unpaired) electrons. The van der Waals surface area contributed by atoms with Crippen LogP contribution in [0.3, 0.4) is 0 Å². The SMILES string of the molecule is C[C@H]1CCCC[NH+]1CCCNC(=O)COc1ccc(F)cc1Br. The molecule has 1 aliphatic heterocycles. The van der Waals surface area contributed by atoms with Crippen LogP contribution in [0.25, 0.3) is 0 Å². The summed E-state index contributed by atoms with van der Waals surface area (Å²) in [4.78, 5) is 13.4. The van der Waals surface area contributed by atoms with Crippen LogP contribution in [0.5, 0.6) is 5.75 Å². The maximum atomic E-state index is 13.0. The lowest BCUT2D eigenvalue weighted by molar-refractivity contribution is -0.928. The highest BCUT2D eigenvalue weighted by Gasteiger charge is 2.20. The van der Waals surface area contributed by atoms with Crippen LogP contribution in [0.4, 0.5) is 4.39 Å². The predicted molar refractivity (Wildman–Crippen MR) is 91.2 cm³/mol. The fourth-order valence-corrected chi connectivity index (χ4v) is 3.42. The Hall–Kier alpha value is -1.14. The monoisotopic (exact) mass is 387 g/mol. The van der Waals surface area contributed by atoms with E-state index in [1.165, 1.54) is 44.0 Å². The first kappa shape index (κ1) is 18.2. The highest BCUT2D eigenvalue weighted by molar-refractivity contribution is 9.10. The number of amides is 1. The number of nitrogens with one attached hydrogen (secondary N) is 2. The summed E-state index contributed by atoms with van der Waals surface area (Å²) in [5.74, 6) is -0.0285. The maximum Gasteiger partial charge on any atom is 0.257 e. The molecule has 2 atom stereocenters. The van der Waals surface area contributed by atoms with E-state index in [-0.39, 0.29) is 18.3 Å². The van der Waals surface area contributed by atoms with Crippen molar-refractivity contribution in [3.63, 3.8) is 0 Å². The molecule has 4 nitrogen and oxygen atoms in total. The van der Waals surface area contributed by atoms with E-state index in [1.54, 1.807) is 4.90 Å². The summed E-state index contributed by atoms with van der Waals surface area (Å²) < 4.78 is 18.9. The lowest BCUT2D eigenvalue weighted by Gasteiger charge is -2.30. The van der Waals surface area contributed by atoms with Crippen LogP contribution < -0.4 is 15.0 Å². The van der Waals surface area contributed by atoms with E-state index in [0.29, 0.717) is 16.8 Å². The smallest absolute Gasteiger partial charge is 0.257 e. The van der Waals surface area contributed by atoms with E-state index in [9.17, 15) is 9.18 Å². The summed E-state index contributed by atoms with van der Waals surface area (Å²) in [6.07, 6.45) is 4.94. The summed E-state index contributed by atoms with van der Waals surface area (Å²) in [6, 6.07) is 4.86. The zero-order valence-corrected chi connectivity index (χ0v) is 15.1. The van der Waals surface area contributed by atoms with Crippen LogP contribution in [0.15, 0.2) is 22.7 Å². The third-order valence-corrected chi connectivity index (χ3v) is 4.95. The summed E-state index contributed by atoms with van der Waals surface area (Å²) in [5, 5.41) is 2.87. The van der Waals surface area contributed by atoms with Gasteiger partial charge >= 0.3 is 0 Å². The Kier molecular flexibility index (Phi) is 7.30. The average molecular weight is 388 g/mol. The third kappa shape index (κ3) is 6.11. The van der Waals surface area contributed by atoms with Crippen LogP contribution in [-0.4, -0.2) is 38.2 Å². The van der Waals surface area contributed by atoms with Gasteiger partial charge in [-0.3, -0.25) is 4.79 Å². The number of ether oxygens (including phenoxy) is 1. The number of quaternary nitrogens is 1. The molecule has 0 aromatic heterocycles. The number of hydrogen-bond donors (Lipinski definition) is 2. The van der Waals surface area contributed by atoms with Crippen molar-refractivity contribution in [2.75, 3.05) is 26.2 Å². The Morgan fingerprint density at radius 1 is 1.48 bits per heavy atom. The Bertz CT molecular complexity index is 527. The number of halogens is 2. The van der Waals surface area contributed by atoms with Crippen molar-refractivity contribution in [2.24, 2.45) is 0 Å². The molecule has 0 bridgehead atoms. The summed E-state index contributed by atoms with van der Waals surface area (Å²) in [7, 11) is 0. The molecule has 1 aromatic carbocycles. The van der Waals surface area contributed by atoms with Gasteiger partial charge in [-0.05, 0) is 60.3 Å². The molecular weight excluding hydrogens is 363 g/mol. The molecule has 1 aliphatic rings. The molecule has 0 spiro atoms. The van der Waals surface area contributed by atoms with Gasteiger partial charge in [0, 0.05) is 13.0 Å². The number of carbonyl (C=O) groups excluding carboxylic acids is 1. The van der Waals surface area contributed by atoms with E-state index in [4.69, 9.17) is 4.74 Å². The predicted octanol–water partition coefficient (Wildman–Crippen LogP) is 1.93. The Labute approximate surface area is 145 Å². The van der Waals surface area contributed by atoms with Gasteiger partial charge < -0.3 is 15.0 Å². The van der Waals surface area contributed by atoms with E-state index >= 15 is 0 Å². The first-order chi connectivity index (χ1) is 11.1. The van der Waals surface area contributed by atoms with Crippen molar-refractivity contribution in [3.8, 4) is 5.75 Å². The molecule has 0 aliphatic carbocycles. The lowest BCUT2D eigenvalue weighted by atomic mass is 10.0. The van der Waals surface area contributed by atoms with Crippen LogP contribution in [0, 0.1) is 5.82 Å². The highest BCUT2D eigenvalue weighted by atomic mass is 79.9. The minimum atomic E-state index is -0.344. The molecule has 6 heteroatoms. The van der Waals surface area contributed by atoms with Crippen molar-refractivity contribution in [1.29, 1.82) is 0 Å². The zero-order chi connectivity index (χ0) is 16.7. The van der Waals surface area contributed by atoms with E-state index in [0.717, 1.165) is 19.0 Å². The first-order valence-electron chi connectivity index (χ1n) is 8.25. The second-order valence-corrected chi connectivity index (χ2v) is 6.98. The van der Waals surface area contributed by atoms with Gasteiger partial charge in [-0.2, -0.15) is 0 Å². The zero-order valence-electron chi connectivity index (χ0n) is 13.5. The summed E-state index contributed by atoms with van der Waals surface area (Å²) in [6.45, 7) is 5.27. The highest BCUT2D eigenvalue weighted by Crippen LogP contribution is 2.25. The Morgan fingerprint density at radius 3 is 3.04 bits per heavy atom. The largest absolute Gasteiger partial charge is 0.483 e. The molecule has 0 saturated carbocycles. The molecule has 128 valence electrons. The minimum absolute atomic E-state index is 0.0583. The first-order valence-corrected chi connectivity index (χ1v) is 9.04. The molecule has 1 unspecified atom stereocenters. The number of piperidine rings is 1. The van der Waals surface area contributed by atoms with E-state index in [2.05, 4.69) is 28.2 Å². The normalized spacial score (nSPS) is 21.0. The number of likely N-dealkylation sites (tertiary alicyclic amines) is 1. The van der Waals surface area contributed by atoms with Gasteiger partial charge in [0.15, 0.2) is 6.61 Å². The fourth-order valence-electron chi connectivity index (χ4n) is 2.95. The van der Waals surface area contributed by atoms with E-state index < -0.39 is 0 Å². The molecule has 1 amide bonds. The quantitative estimate of drug-likeness (QED) is 0.702. The molecule has 1 saturated heterocycles. The van der Waals surface area contributed by atoms with Gasteiger partial charge in [0.25, 0.3) is 5.91 Å². The summed E-state index contributed by atoms with van der Waals surface area (Å²) >= 11 is 3.21. The molecule has 2 N–H and O–H groups in total. The van der Waals surface area contributed by atoms with Crippen LogP contribution in [0.2, 0.25) is 0 Å². The summed E-state index contributed by atoms with van der Waals surface area (Å²) in [5.41, 5.74) is 0. The van der Waals surface area contributed by atoms with Gasteiger partial charge in [-0.25, -0.2) is 4.39 Å². The van der Waals surface area contributed by atoms with E-state index in [1.807, 2.05) is 0 Å². The Morgan fingerprint density at radius 2 is 2.30 bits per heavy atom. The van der Waals surface area contributed by atoms with Gasteiger partial charge in [-0.1, -0.05) is 0 Å². The van der Waals surface area contributed by atoms with Crippen molar-refractivity contribution >= 4 is 21.8 Å². The number of benzene rings is 1. The second-order valence-electron chi connectivity index (χ2n) is 6.12. The van der Waals surface area contributed by atoms with Crippen molar-refractivity contribution in [3.05, 3.63) is 28.5 Å². The molecule has 2 rings (SSSR count). The van der Waals surface area contributed by atoms with Crippen LogP contribution >= 0.6 is 15.9 Å². The standard InChI is InChI=1S/C17H24BrFN2O2/c1-13-5-2-3-9-21(13)10-4-8-20-17(22)12-23-16-7-6-14(19)11-15(16)18/h6-7,11,13H,2-5,8-10,12H2,1H3,(H,20,22)/p+1/t13-/m0/s1. The number of rotatable bonds is 7. The second kappa shape index (κ2) is 9.23. The molecule has 1 aromatic rings. The Balaban J connectivity index is 1.61. The van der Waals surface area contributed by atoms with Crippen molar-refractivity contribution in [1.82, 2.24) is 5.32 Å². The molecular formula is C17H25BrFN2O2+. The number of hydrogen-bond acceptors (Lipinski definition) is 2. The maximum absolute atomic E-state index is 13.0. The molecule has 23 heavy (non-hydrogen) atoms. The number of carbonyl (C=O) groups is 1. The van der Waals surface area contributed by atoms with Gasteiger partial charge in [-0.15, -0.1) is 0 Å². The topological polar surface area (TPSA) is 42.8 Å². The molecule has 1 fully saturated rings. The van der Waals surface area contributed by atoms with Gasteiger partial charge in [0.1, 0.15) is 11.6 Å². The average Bonchev–Trinajstić information content (AvgIpc) is 2.52. The van der Waals surface area contributed by atoms with Gasteiger partial charge in [0.2, 0.25) is 0 Å². The minimum Gasteiger partial charge on any atom is -0.483 e. The lowest BCUT2D eigenvalue weighted by Crippen LogP contribution is -3.16. The molecule has 1 heterocycles. The fraction of sp³-hybridized carbons (Fsp3) is 0.588. The van der Waals surface area contributed by atoms with Gasteiger partial charge in [0.05, 0.1) is 23.6 Å². The van der Waals surface area contributed by atoms with Crippen molar-refractivity contribution in [2.45, 2.75) is 38.6 Å². The van der Waals surface area contributed by atoms with Crippen LogP contribution in [-0.2, 0) is 4.79 Å². The van der Waals surface area contributed by atoms with Crippen molar-refractivity contribution < 1.29 is 18.8 Å².